The van der Waals surface area contributed by atoms with Crippen LogP contribution in [0, 0.1) is 0 Å². The van der Waals surface area contributed by atoms with Crippen molar-refractivity contribution in [3.8, 4) is 0 Å². The predicted molar refractivity (Wildman–Crippen MR) is 103 cm³/mol. The van der Waals surface area contributed by atoms with Gasteiger partial charge in [-0.2, -0.15) is 0 Å². The number of carbonyl (C=O) groups is 1. The van der Waals surface area contributed by atoms with E-state index in [1.165, 1.54) is 22.2 Å². The van der Waals surface area contributed by atoms with Crippen molar-refractivity contribution in [2.75, 3.05) is 5.75 Å². The first-order chi connectivity index (χ1) is 12.1. The number of thiophene rings is 1. The SMILES string of the molecule is Cn1c(SCC(=O)c2ccccc2Cl)nc2sc3c(c2c1=O)CCC3. The van der Waals surface area contributed by atoms with Gasteiger partial charge in [-0.3, -0.25) is 14.2 Å². The maximum absolute atomic E-state index is 12.7. The molecule has 0 fully saturated rings. The van der Waals surface area contributed by atoms with Gasteiger partial charge in [-0.15, -0.1) is 11.3 Å². The second-order valence-electron chi connectivity index (χ2n) is 5.99. The van der Waals surface area contributed by atoms with Crippen LogP contribution in [0.1, 0.15) is 27.2 Å². The molecule has 0 N–H and O–H groups in total. The molecule has 2 heterocycles. The number of hydrogen-bond acceptors (Lipinski definition) is 5. The highest BCUT2D eigenvalue weighted by molar-refractivity contribution is 7.99. The molecule has 1 aromatic carbocycles. The molecule has 1 aliphatic carbocycles. The van der Waals surface area contributed by atoms with Crippen LogP contribution in [0.25, 0.3) is 10.2 Å². The van der Waals surface area contributed by atoms with E-state index in [0.29, 0.717) is 15.7 Å². The molecular formula is C18H15ClN2O2S2. The highest BCUT2D eigenvalue weighted by atomic mass is 35.5. The van der Waals surface area contributed by atoms with E-state index in [2.05, 4.69) is 4.98 Å². The molecule has 0 aliphatic heterocycles. The zero-order valence-electron chi connectivity index (χ0n) is 13.5. The average Bonchev–Trinajstić information content (AvgIpc) is 3.17. The summed E-state index contributed by atoms with van der Waals surface area (Å²) < 4.78 is 1.55. The van der Waals surface area contributed by atoms with Crippen LogP contribution >= 0.6 is 34.7 Å². The maximum Gasteiger partial charge on any atom is 0.262 e. The Morgan fingerprint density at radius 1 is 1.36 bits per heavy atom. The predicted octanol–water partition coefficient (Wildman–Crippen LogP) is 4.11. The van der Waals surface area contributed by atoms with Crippen molar-refractivity contribution < 1.29 is 4.79 Å². The van der Waals surface area contributed by atoms with Crippen LogP contribution in [-0.4, -0.2) is 21.1 Å². The molecule has 0 saturated carbocycles. The molecule has 1 aliphatic rings. The molecule has 128 valence electrons. The number of aromatic nitrogens is 2. The molecule has 7 heteroatoms. The second-order valence-corrected chi connectivity index (χ2v) is 8.42. The number of hydrogen-bond donors (Lipinski definition) is 0. The molecule has 0 atom stereocenters. The Labute approximate surface area is 157 Å². The van der Waals surface area contributed by atoms with Gasteiger partial charge >= 0.3 is 0 Å². The number of halogens is 1. The lowest BCUT2D eigenvalue weighted by atomic mass is 10.1. The van der Waals surface area contributed by atoms with E-state index in [1.807, 2.05) is 0 Å². The summed E-state index contributed by atoms with van der Waals surface area (Å²) in [6.07, 6.45) is 3.11. The average molecular weight is 391 g/mol. The molecule has 0 spiro atoms. The molecule has 0 saturated heterocycles. The summed E-state index contributed by atoms with van der Waals surface area (Å²) in [5.41, 5.74) is 1.66. The summed E-state index contributed by atoms with van der Waals surface area (Å²) in [5, 5.41) is 1.78. The Hall–Kier alpha value is -1.63. The lowest BCUT2D eigenvalue weighted by Crippen LogP contribution is -2.20. The molecule has 0 amide bonds. The summed E-state index contributed by atoms with van der Waals surface area (Å²) in [4.78, 5) is 31.9. The van der Waals surface area contributed by atoms with Gasteiger partial charge < -0.3 is 0 Å². The van der Waals surface area contributed by atoms with Crippen molar-refractivity contribution in [2.24, 2.45) is 7.05 Å². The van der Waals surface area contributed by atoms with E-state index in [9.17, 15) is 9.59 Å². The first-order valence-corrected chi connectivity index (χ1v) is 10.2. The Balaban J connectivity index is 1.64. The Morgan fingerprint density at radius 2 is 2.16 bits per heavy atom. The van der Waals surface area contributed by atoms with Crippen LogP contribution in [0.4, 0.5) is 0 Å². The minimum Gasteiger partial charge on any atom is -0.293 e. The largest absolute Gasteiger partial charge is 0.293 e. The van der Waals surface area contributed by atoms with Crippen LogP contribution in [0.3, 0.4) is 0 Å². The molecule has 0 radical (unpaired) electrons. The van der Waals surface area contributed by atoms with E-state index < -0.39 is 0 Å². The summed E-state index contributed by atoms with van der Waals surface area (Å²) in [6.45, 7) is 0. The van der Waals surface area contributed by atoms with Crippen LogP contribution in [0.5, 0.6) is 0 Å². The Morgan fingerprint density at radius 3 is 2.96 bits per heavy atom. The van der Waals surface area contributed by atoms with Crippen molar-refractivity contribution in [3.05, 3.63) is 55.6 Å². The summed E-state index contributed by atoms with van der Waals surface area (Å²) in [7, 11) is 1.72. The molecule has 3 aromatic rings. The summed E-state index contributed by atoms with van der Waals surface area (Å²) >= 11 is 8.97. The third kappa shape index (κ3) is 2.92. The van der Waals surface area contributed by atoms with Gasteiger partial charge in [-0.1, -0.05) is 35.5 Å². The van der Waals surface area contributed by atoms with Gasteiger partial charge in [0.15, 0.2) is 10.9 Å². The standard InChI is InChI=1S/C18H15ClN2O2S2/c1-21-17(23)15-11-6-4-8-14(11)25-16(15)20-18(21)24-9-13(22)10-5-2-3-7-12(10)19/h2-3,5,7H,4,6,8-9H2,1H3. The molecule has 2 aromatic heterocycles. The zero-order chi connectivity index (χ0) is 17.6. The van der Waals surface area contributed by atoms with E-state index in [4.69, 9.17) is 11.6 Å². The van der Waals surface area contributed by atoms with E-state index in [1.54, 1.807) is 47.2 Å². The first-order valence-electron chi connectivity index (χ1n) is 7.98. The quantitative estimate of drug-likeness (QED) is 0.382. The van der Waals surface area contributed by atoms with Gasteiger partial charge in [0.1, 0.15) is 4.83 Å². The Kier molecular flexibility index (Phi) is 4.43. The van der Waals surface area contributed by atoms with Gasteiger partial charge in [-0.05, 0) is 37.0 Å². The molecule has 0 unspecified atom stereocenters. The maximum atomic E-state index is 12.7. The number of nitrogens with zero attached hydrogens (tertiary/aromatic N) is 2. The minimum absolute atomic E-state index is 0.0166. The van der Waals surface area contributed by atoms with Crippen LogP contribution < -0.4 is 5.56 Å². The fraction of sp³-hybridized carbons (Fsp3) is 0.278. The van der Waals surface area contributed by atoms with E-state index in [-0.39, 0.29) is 17.1 Å². The number of Topliss-reactive ketones (excluding diaryl/α,β-unsaturated/α-hetero) is 1. The fourth-order valence-electron chi connectivity index (χ4n) is 3.13. The molecule has 4 nitrogen and oxygen atoms in total. The molecule has 4 rings (SSSR count). The topological polar surface area (TPSA) is 52.0 Å². The highest BCUT2D eigenvalue weighted by Gasteiger charge is 2.22. The van der Waals surface area contributed by atoms with Gasteiger partial charge in [0.2, 0.25) is 0 Å². The van der Waals surface area contributed by atoms with Gasteiger partial charge in [0, 0.05) is 17.5 Å². The van der Waals surface area contributed by atoms with Crippen LogP contribution in [0.2, 0.25) is 5.02 Å². The monoisotopic (exact) mass is 390 g/mol. The normalized spacial score (nSPS) is 13.4. The van der Waals surface area contributed by atoms with Gasteiger partial charge in [0.05, 0.1) is 16.2 Å². The Bertz CT molecular complexity index is 1060. The summed E-state index contributed by atoms with van der Waals surface area (Å²) in [5.74, 6) is 0.124. The van der Waals surface area contributed by atoms with Crippen LogP contribution in [-0.2, 0) is 19.9 Å². The molecule has 25 heavy (non-hydrogen) atoms. The fourth-order valence-corrected chi connectivity index (χ4v) is 5.53. The number of thioether (sulfide) groups is 1. The van der Waals surface area contributed by atoms with Crippen molar-refractivity contribution >= 4 is 50.7 Å². The van der Waals surface area contributed by atoms with Crippen molar-refractivity contribution in [1.82, 2.24) is 9.55 Å². The number of rotatable bonds is 4. The van der Waals surface area contributed by atoms with Crippen molar-refractivity contribution in [1.29, 1.82) is 0 Å². The number of fused-ring (bicyclic) bond motifs is 3. The third-order valence-electron chi connectivity index (χ3n) is 4.41. The third-order valence-corrected chi connectivity index (χ3v) is 6.96. The smallest absolute Gasteiger partial charge is 0.262 e. The second kappa shape index (κ2) is 6.59. The van der Waals surface area contributed by atoms with Crippen molar-refractivity contribution in [2.45, 2.75) is 24.4 Å². The summed E-state index contributed by atoms with van der Waals surface area (Å²) in [6, 6.07) is 7.00. The van der Waals surface area contributed by atoms with Crippen molar-refractivity contribution in [3.63, 3.8) is 0 Å². The number of carbonyl (C=O) groups excluding carboxylic acids is 1. The lowest BCUT2D eigenvalue weighted by molar-refractivity contribution is 0.102. The molecule has 0 bridgehead atoms. The number of ketones is 1. The van der Waals surface area contributed by atoms with Gasteiger partial charge in [-0.25, -0.2) is 4.98 Å². The molecular weight excluding hydrogens is 376 g/mol. The van der Waals surface area contributed by atoms with E-state index in [0.717, 1.165) is 29.5 Å². The highest BCUT2D eigenvalue weighted by Crippen LogP contribution is 2.35. The van der Waals surface area contributed by atoms with Crippen LogP contribution in [0.15, 0.2) is 34.2 Å². The minimum atomic E-state index is -0.0707. The van der Waals surface area contributed by atoms with Gasteiger partial charge in [0.25, 0.3) is 5.56 Å². The first kappa shape index (κ1) is 16.8. The lowest BCUT2D eigenvalue weighted by Gasteiger charge is -2.08. The number of aryl methyl sites for hydroxylation is 2. The zero-order valence-corrected chi connectivity index (χ0v) is 15.9. The van der Waals surface area contributed by atoms with E-state index >= 15 is 0 Å². The number of benzene rings is 1.